The number of benzene rings is 3. The molecule has 0 bridgehead atoms. The summed E-state index contributed by atoms with van der Waals surface area (Å²) in [4.78, 5) is 26.1. The van der Waals surface area contributed by atoms with Gasteiger partial charge < -0.3 is 14.6 Å². The molecule has 1 aliphatic rings. The third-order valence-corrected chi connectivity index (χ3v) is 7.31. The molecule has 1 saturated heterocycles. The van der Waals surface area contributed by atoms with Crippen LogP contribution in [0.25, 0.3) is 10.8 Å². The van der Waals surface area contributed by atoms with E-state index in [0.29, 0.717) is 11.9 Å². The Bertz CT molecular complexity index is 1540. The van der Waals surface area contributed by atoms with E-state index in [1.54, 1.807) is 4.57 Å². The van der Waals surface area contributed by atoms with Crippen LogP contribution < -0.4 is 15.2 Å². The summed E-state index contributed by atoms with van der Waals surface area (Å²) in [5.74, 6) is 5.58. The van der Waals surface area contributed by atoms with Crippen molar-refractivity contribution in [2.45, 2.75) is 6.54 Å². The van der Waals surface area contributed by atoms with Gasteiger partial charge in [-0.1, -0.05) is 48.2 Å². The molecule has 9 heteroatoms. The molecule has 0 amide bonds. The van der Waals surface area contributed by atoms with Crippen molar-refractivity contribution in [3.63, 3.8) is 0 Å². The smallest absolute Gasteiger partial charge is 0.318 e. The minimum Gasteiger partial charge on any atom is -0.480 e. The van der Waals surface area contributed by atoms with Crippen molar-refractivity contribution in [1.29, 1.82) is 0 Å². The lowest BCUT2D eigenvalue weighted by Gasteiger charge is -2.35. The van der Waals surface area contributed by atoms with Crippen LogP contribution in [0.3, 0.4) is 0 Å². The van der Waals surface area contributed by atoms with E-state index in [0.717, 1.165) is 53.9 Å². The summed E-state index contributed by atoms with van der Waals surface area (Å²) in [6.07, 6.45) is 1.85. The fraction of sp³-hybridized carbons (Fsp3) is 0.200. The summed E-state index contributed by atoms with van der Waals surface area (Å²) < 4.78 is 6.73. The van der Waals surface area contributed by atoms with Crippen molar-refractivity contribution in [2.75, 3.05) is 37.6 Å². The molecule has 2 N–H and O–H groups in total. The Kier molecular flexibility index (Phi) is 9.74. The van der Waals surface area contributed by atoms with Crippen molar-refractivity contribution < 1.29 is 9.90 Å². The molecule has 4 aromatic rings. The zero-order valence-electron chi connectivity index (χ0n) is 21.3. The molecule has 0 saturated carbocycles. The number of rotatable bonds is 7. The highest BCUT2D eigenvalue weighted by atomic mass is 32.2. The molecule has 2 heterocycles. The van der Waals surface area contributed by atoms with Crippen LogP contribution in [0.5, 0.6) is 0 Å². The second kappa shape index (κ2) is 13.4. The fourth-order valence-electron chi connectivity index (χ4n) is 4.38. The van der Waals surface area contributed by atoms with E-state index < -0.39 is 5.97 Å². The van der Waals surface area contributed by atoms with Gasteiger partial charge in [0.15, 0.2) is 0 Å². The van der Waals surface area contributed by atoms with Crippen LogP contribution in [0, 0.1) is 11.8 Å². The van der Waals surface area contributed by atoms with Crippen LogP contribution in [0.4, 0.5) is 5.69 Å². The van der Waals surface area contributed by atoms with E-state index in [1.807, 2.05) is 72.9 Å². The van der Waals surface area contributed by atoms with Gasteiger partial charge in [-0.15, -0.1) is 0 Å². The van der Waals surface area contributed by atoms with Crippen LogP contribution in [-0.2, 0) is 11.3 Å². The zero-order valence-corrected chi connectivity index (χ0v) is 23.2. The van der Waals surface area contributed by atoms with Gasteiger partial charge in [0, 0.05) is 66.7 Å². The van der Waals surface area contributed by atoms with Gasteiger partial charge in [-0.3, -0.25) is 9.59 Å². The minimum absolute atomic E-state index is 0. The number of nitrogens with one attached hydrogen (secondary N) is 1. The van der Waals surface area contributed by atoms with Gasteiger partial charge in [0.05, 0.1) is 6.54 Å². The highest BCUT2D eigenvalue weighted by molar-refractivity contribution is 7.95. The predicted octanol–water partition coefficient (Wildman–Crippen LogP) is 3.92. The van der Waals surface area contributed by atoms with E-state index in [1.165, 1.54) is 12.1 Å². The average Bonchev–Trinajstić information content (AvgIpc) is 2.95. The highest BCUT2D eigenvalue weighted by Crippen LogP contribution is 2.19. The van der Waals surface area contributed by atoms with E-state index in [-0.39, 0.29) is 25.6 Å². The summed E-state index contributed by atoms with van der Waals surface area (Å²) in [6, 6.07) is 25.9. The first-order valence-corrected chi connectivity index (χ1v) is 13.2. The van der Waals surface area contributed by atoms with Crippen LogP contribution >= 0.6 is 25.6 Å². The number of nitrogens with zero attached hydrogens (tertiary/aromatic N) is 3. The molecule has 1 aromatic heterocycles. The van der Waals surface area contributed by atoms with Crippen LogP contribution in [-0.4, -0.2) is 52.7 Å². The number of carbonyl (C=O) groups is 1. The number of anilines is 1. The number of fused-ring (bicyclic) bond motifs is 1. The number of aliphatic carboxylic acids is 1. The first-order chi connectivity index (χ1) is 18.5. The predicted molar refractivity (Wildman–Crippen MR) is 164 cm³/mol. The number of piperazine rings is 1. The molecule has 0 atom stereocenters. The lowest BCUT2D eigenvalue weighted by Crippen LogP contribution is -2.44. The second-order valence-corrected chi connectivity index (χ2v) is 10.0. The first-order valence-electron chi connectivity index (χ1n) is 12.5. The Morgan fingerprint density at radius 2 is 1.59 bits per heavy atom. The second-order valence-electron chi connectivity index (χ2n) is 9.06. The molecule has 39 heavy (non-hydrogen) atoms. The van der Waals surface area contributed by atoms with Gasteiger partial charge in [0.25, 0.3) is 5.56 Å². The van der Waals surface area contributed by atoms with Crippen molar-refractivity contribution >= 4 is 48.1 Å². The number of carboxylic acid groups (broad SMARTS) is 1. The van der Waals surface area contributed by atoms with Gasteiger partial charge >= 0.3 is 5.97 Å². The first kappa shape index (κ1) is 28.3. The minimum atomic E-state index is -0.859. The van der Waals surface area contributed by atoms with Crippen LogP contribution in [0.1, 0.15) is 16.7 Å². The number of pyridine rings is 1. The summed E-state index contributed by atoms with van der Waals surface area (Å²) >= 11 is 1.37. The molecule has 0 unspecified atom stereocenters. The van der Waals surface area contributed by atoms with Gasteiger partial charge in [0.2, 0.25) is 0 Å². The van der Waals surface area contributed by atoms with Crippen LogP contribution in [0.2, 0.25) is 0 Å². The zero-order chi connectivity index (χ0) is 26.3. The molecule has 5 rings (SSSR count). The Balaban J connectivity index is 0.00000353. The summed E-state index contributed by atoms with van der Waals surface area (Å²) in [6.45, 7) is 3.89. The number of hydrogen-bond acceptors (Lipinski definition) is 6. The average molecular weight is 559 g/mol. The summed E-state index contributed by atoms with van der Waals surface area (Å²) in [7, 11) is 0. The van der Waals surface area contributed by atoms with E-state index in [2.05, 4.69) is 37.9 Å². The maximum atomic E-state index is 13.1. The number of carboxylic acids is 1. The normalized spacial score (nSPS) is 13.4. The quantitative estimate of drug-likeness (QED) is 0.263. The van der Waals surface area contributed by atoms with Gasteiger partial charge in [-0.25, -0.2) is 9.03 Å². The Hall–Kier alpha value is -3.68. The monoisotopic (exact) mass is 558 g/mol. The fourth-order valence-corrected chi connectivity index (χ4v) is 5.10. The van der Waals surface area contributed by atoms with Gasteiger partial charge in [-0.2, -0.15) is 13.5 Å². The lowest BCUT2D eigenvalue weighted by molar-refractivity contribution is -0.135. The van der Waals surface area contributed by atoms with Crippen LogP contribution in [0.15, 0.2) is 89.9 Å². The maximum absolute atomic E-state index is 13.1. The van der Waals surface area contributed by atoms with Crippen molar-refractivity contribution in [3.05, 3.63) is 112 Å². The van der Waals surface area contributed by atoms with Gasteiger partial charge in [0.1, 0.15) is 6.54 Å². The molecule has 1 fully saturated rings. The van der Waals surface area contributed by atoms with E-state index >= 15 is 0 Å². The molecule has 200 valence electrons. The summed E-state index contributed by atoms with van der Waals surface area (Å²) in [5, 5.41) is 10.3. The molecular weight excluding hydrogens is 528 g/mol. The molecule has 0 aliphatic carbocycles. The standard InChI is InChI=1S/C30H28N4O3S.H2S/c35-29(36)21-31-38-34-18-16-32(17-19-34)27-12-9-23(10-13-27)6-7-24-8-11-26-14-15-33(30(37)28(26)20-24)22-25-4-2-1-3-5-25;/h1-5,8-15,20,31H,16-19,21-22H2,(H,35,36);1H2. The summed E-state index contributed by atoms with van der Waals surface area (Å²) in [5.41, 5.74) is 3.93. The Morgan fingerprint density at radius 3 is 2.31 bits per heavy atom. The molecule has 3 aromatic carbocycles. The third-order valence-electron chi connectivity index (χ3n) is 6.41. The van der Waals surface area contributed by atoms with E-state index in [9.17, 15) is 9.59 Å². The lowest BCUT2D eigenvalue weighted by atomic mass is 10.1. The molecule has 7 nitrogen and oxygen atoms in total. The van der Waals surface area contributed by atoms with Crippen molar-refractivity contribution in [2.24, 2.45) is 0 Å². The molecule has 0 radical (unpaired) electrons. The number of aromatic nitrogens is 1. The Morgan fingerprint density at radius 1 is 0.897 bits per heavy atom. The Labute approximate surface area is 239 Å². The van der Waals surface area contributed by atoms with Crippen molar-refractivity contribution in [3.8, 4) is 11.8 Å². The SMILES string of the molecule is O=C(O)CNSN1CCN(c2ccc(C#Cc3ccc4ccn(Cc5ccccc5)c(=O)c4c3)cc2)CC1.S. The largest absolute Gasteiger partial charge is 0.480 e. The van der Waals surface area contributed by atoms with Crippen molar-refractivity contribution in [1.82, 2.24) is 13.6 Å². The number of hydrogen-bond donors (Lipinski definition) is 2. The molecule has 0 spiro atoms. The van der Waals surface area contributed by atoms with Gasteiger partial charge in [-0.05, 0) is 53.4 Å². The maximum Gasteiger partial charge on any atom is 0.318 e. The third kappa shape index (κ3) is 7.46. The molecular formula is C30H30N4O3S2. The highest BCUT2D eigenvalue weighted by Gasteiger charge is 2.17. The topological polar surface area (TPSA) is 77.8 Å². The molecule has 1 aliphatic heterocycles. The van der Waals surface area contributed by atoms with E-state index in [4.69, 9.17) is 5.11 Å².